The summed E-state index contributed by atoms with van der Waals surface area (Å²) in [5, 5.41) is 0. The van der Waals surface area contributed by atoms with Crippen molar-refractivity contribution in [3.63, 3.8) is 0 Å². The molecule has 2 nitrogen and oxygen atoms in total. The van der Waals surface area contributed by atoms with E-state index in [-0.39, 0.29) is 0 Å². The summed E-state index contributed by atoms with van der Waals surface area (Å²) >= 11 is 0. The molecule has 5 heteroatoms. The maximum atomic E-state index is 9.99. The molecule has 58 valence electrons. The summed E-state index contributed by atoms with van der Waals surface area (Å²) in [6.07, 6.45) is 2.64. The summed E-state index contributed by atoms with van der Waals surface area (Å²) in [4.78, 5) is 0. The molecule has 0 spiro atoms. The molecule has 0 aliphatic rings. The van der Waals surface area contributed by atoms with Crippen molar-refractivity contribution >= 4 is 10.6 Å². The van der Waals surface area contributed by atoms with Gasteiger partial charge in [0.1, 0.15) is 0 Å². The number of hydrogen-bond donors (Lipinski definition) is 0. The number of hydrogen-bond acceptors (Lipinski definition) is 2. The van der Waals surface area contributed by atoms with Crippen molar-refractivity contribution in [3.05, 3.63) is 0 Å². The number of unbranched alkanes of at least 4 members (excludes halogenated alkanes) is 1. The van der Waals surface area contributed by atoms with Crippen LogP contribution >= 0.6 is 0 Å². The summed E-state index contributed by atoms with van der Waals surface area (Å²) in [5.74, 6) is 0. The van der Waals surface area contributed by atoms with Gasteiger partial charge in [-0.15, -0.1) is 0 Å². The minimum absolute atomic E-state index is 1.32. The molecule has 0 saturated heterocycles. The van der Waals surface area contributed by atoms with Crippen LogP contribution in [0.1, 0.15) is 26.7 Å². The van der Waals surface area contributed by atoms with E-state index in [4.69, 9.17) is 8.42 Å². The molecule has 0 saturated carbocycles. The van der Waals surface area contributed by atoms with Gasteiger partial charge in [0.15, 0.2) is 0 Å². The highest BCUT2D eigenvalue weighted by molar-refractivity contribution is 7.81. The molecular formula is C4H10F2O2S. The molecular weight excluding hydrogens is 150 g/mol. The van der Waals surface area contributed by atoms with Gasteiger partial charge >= 0.3 is 10.6 Å². The maximum absolute atomic E-state index is 9.99. The van der Waals surface area contributed by atoms with E-state index in [1.807, 2.05) is 0 Å². The molecule has 0 heterocycles. The van der Waals surface area contributed by atoms with Crippen molar-refractivity contribution in [2.45, 2.75) is 26.7 Å². The van der Waals surface area contributed by atoms with E-state index in [1.54, 1.807) is 0 Å². The SMILES string of the molecule is CCCC.O=S(=O)(F)F. The Hall–Kier alpha value is -0.190. The standard InChI is InChI=1S/C4H10.F2O2S/c1-3-4-2;1-5(2,3)4/h3-4H2,1-2H3;. The van der Waals surface area contributed by atoms with Crippen LogP contribution in [0.2, 0.25) is 0 Å². The van der Waals surface area contributed by atoms with Crippen LogP contribution in [0, 0.1) is 0 Å². The zero-order valence-corrected chi connectivity index (χ0v) is 6.21. The summed E-state index contributed by atoms with van der Waals surface area (Å²) in [5.41, 5.74) is 0. The first kappa shape index (κ1) is 11.6. The molecule has 0 N–H and O–H groups in total. The van der Waals surface area contributed by atoms with Crippen molar-refractivity contribution in [3.8, 4) is 0 Å². The Bertz CT molecular complexity index is 120. The predicted molar refractivity (Wildman–Crippen MR) is 31.7 cm³/mol. The summed E-state index contributed by atoms with van der Waals surface area (Å²) in [7, 11) is -5.67. The first-order valence-electron chi connectivity index (χ1n) is 2.56. The third-order valence-corrected chi connectivity index (χ3v) is 0.500. The molecule has 0 aromatic rings. The molecule has 9 heavy (non-hydrogen) atoms. The van der Waals surface area contributed by atoms with Crippen molar-refractivity contribution in [2.24, 2.45) is 0 Å². The van der Waals surface area contributed by atoms with Crippen LogP contribution in [0.5, 0.6) is 0 Å². The molecule has 0 rings (SSSR count). The van der Waals surface area contributed by atoms with Crippen LogP contribution in [0.15, 0.2) is 0 Å². The molecule has 0 fully saturated rings. The highest BCUT2D eigenvalue weighted by atomic mass is 32.3. The third-order valence-electron chi connectivity index (χ3n) is 0.500. The zero-order valence-electron chi connectivity index (χ0n) is 5.39. The minimum atomic E-state index is -5.67. The van der Waals surface area contributed by atoms with Gasteiger partial charge in [0.25, 0.3) is 0 Å². The first-order chi connectivity index (χ1) is 3.91. The smallest absolute Gasteiger partial charge is 0.160 e. The fraction of sp³-hybridized carbons (Fsp3) is 1.00. The van der Waals surface area contributed by atoms with Gasteiger partial charge in [0, 0.05) is 0 Å². The summed E-state index contributed by atoms with van der Waals surface area (Å²) in [6, 6.07) is 0. The van der Waals surface area contributed by atoms with Gasteiger partial charge in [-0.2, -0.15) is 8.42 Å². The Morgan fingerprint density at radius 1 is 1.11 bits per heavy atom. The zero-order chi connectivity index (χ0) is 7.91. The second-order valence-electron chi connectivity index (χ2n) is 1.38. The first-order valence-corrected chi connectivity index (χ1v) is 3.84. The highest BCUT2D eigenvalue weighted by Crippen LogP contribution is 1.85. The summed E-state index contributed by atoms with van der Waals surface area (Å²) in [6.45, 7) is 4.36. The molecule has 0 radical (unpaired) electrons. The van der Waals surface area contributed by atoms with Crippen LogP contribution < -0.4 is 0 Å². The van der Waals surface area contributed by atoms with E-state index in [1.165, 1.54) is 12.8 Å². The highest BCUT2D eigenvalue weighted by Gasteiger charge is 1.94. The predicted octanol–water partition coefficient (Wildman–Crippen LogP) is 1.98. The van der Waals surface area contributed by atoms with Gasteiger partial charge in [-0.1, -0.05) is 34.5 Å². The lowest BCUT2D eigenvalue weighted by atomic mass is 10.4. The van der Waals surface area contributed by atoms with Crippen molar-refractivity contribution in [1.29, 1.82) is 0 Å². The van der Waals surface area contributed by atoms with E-state index in [2.05, 4.69) is 13.8 Å². The molecule has 0 bridgehead atoms. The normalized spacial score (nSPS) is 9.78. The Morgan fingerprint density at radius 3 is 1.22 bits per heavy atom. The maximum Gasteiger partial charge on any atom is 0.476 e. The van der Waals surface area contributed by atoms with E-state index >= 15 is 0 Å². The van der Waals surface area contributed by atoms with Gasteiger partial charge in [0.05, 0.1) is 0 Å². The molecule has 0 aliphatic carbocycles. The van der Waals surface area contributed by atoms with Gasteiger partial charge in [-0.05, 0) is 0 Å². The van der Waals surface area contributed by atoms with Crippen LogP contribution in [-0.2, 0) is 10.6 Å². The Morgan fingerprint density at radius 2 is 1.22 bits per heavy atom. The Labute approximate surface area is 54.4 Å². The van der Waals surface area contributed by atoms with Crippen molar-refractivity contribution < 1.29 is 16.2 Å². The van der Waals surface area contributed by atoms with E-state index in [9.17, 15) is 7.77 Å². The van der Waals surface area contributed by atoms with Crippen LogP contribution in [0.3, 0.4) is 0 Å². The van der Waals surface area contributed by atoms with Crippen molar-refractivity contribution in [1.82, 2.24) is 0 Å². The van der Waals surface area contributed by atoms with E-state index < -0.39 is 10.6 Å². The largest absolute Gasteiger partial charge is 0.476 e. The molecule has 0 unspecified atom stereocenters. The second-order valence-corrected chi connectivity index (χ2v) is 2.14. The molecule has 0 atom stereocenters. The van der Waals surface area contributed by atoms with E-state index in [0.717, 1.165) is 0 Å². The fourth-order valence-corrected chi connectivity index (χ4v) is 0. The number of halogens is 2. The molecule has 0 aromatic heterocycles. The Balaban J connectivity index is 0. The van der Waals surface area contributed by atoms with Crippen LogP contribution in [0.25, 0.3) is 0 Å². The van der Waals surface area contributed by atoms with Crippen molar-refractivity contribution in [2.75, 3.05) is 0 Å². The lowest BCUT2D eigenvalue weighted by molar-refractivity contribution is 0.501. The van der Waals surface area contributed by atoms with Gasteiger partial charge in [-0.25, -0.2) is 0 Å². The quantitative estimate of drug-likeness (QED) is 0.549. The fourth-order valence-electron chi connectivity index (χ4n) is 0. The van der Waals surface area contributed by atoms with Crippen LogP contribution in [-0.4, -0.2) is 8.42 Å². The van der Waals surface area contributed by atoms with Gasteiger partial charge in [0.2, 0.25) is 0 Å². The molecule has 0 aromatic carbocycles. The van der Waals surface area contributed by atoms with Gasteiger partial charge in [-0.3, -0.25) is 0 Å². The lowest BCUT2D eigenvalue weighted by Crippen LogP contribution is -1.69. The monoisotopic (exact) mass is 160 g/mol. The second kappa shape index (κ2) is 5.94. The topological polar surface area (TPSA) is 34.1 Å². The summed E-state index contributed by atoms with van der Waals surface area (Å²) < 4.78 is 36.6. The average Bonchev–Trinajstić information content (AvgIpc) is 1.61. The molecule has 0 amide bonds. The van der Waals surface area contributed by atoms with E-state index in [0.29, 0.717) is 0 Å². The Kier molecular flexibility index (Phi) is 7.65. The lowest BCUT2D eigenvalue weighted by Gasteiger charge is -1.68. The van der Waals surface area contributed by atoms with Gasteiger partial charge < -0.3 is 0 Å². The third kappa shape index (κ3) is 402. The minimum Gasteiger partial charge on any atom is -0.160 e. The average molecular weight is 160 g/mol. The van der Waals surface area contributed by atoms with Crippen LogP contribution in [0.4, 0.5) is 7.77 Å². The number of rotatable bonds is 1. The molecule has 0 aliphatic heterocycles.